The maximum atomic E-state index is 13.7. The molecule has 3 amide bonds. The van der Waals surface area contributed by atoms with Gasteiger partial charge in [-0.25, -0.2) is 9.18 Å². The number of imide groups is 1. The summed E-state index contributed by atoms with van der Waals surface area (Å²) in [4.78, 5) is 24.0. The van der Waals surface area contributed by atoms with E-state index in [1.54, 1.807) is 6.07 Å². The van der Waals surface area contributed by atoms with Crippen LogP contribution in [-0.4, -0.2) is 43.0 Å². The molecule has 0 spiro atoms. The lowest BCUT2D eigenvalue weighted by atomic mass is 10.1. The molecule has 1 fully saturated rings. The van der Waals surface area contributed by atoms with Crippen LogP contribution in [0.5, 0.6) is 0 Å². The van der Waals surface area contributed by atoms with Gasteiger partial charge in [-0.05, 0) is 44.4 Å². The topological polar surface area (TPSA) is 85.5 Å². The van der Waals surface area contributed by atoms with Crippen LogP contribution in [0.15, 0.2) is 18.2 Å². The van der Waals surface area contributed by atoms with Crippen molar-refractivity contribution in [1.29, 1.82) is 0 Å². The lowest BCUT2D eigenvalue weighted by Gasteiger charge is -2.17. The first-order chi connectivity index (χ1) is 12.5. The number of anilines is 1. The molecule has 0 aliphatic carbocycles. The van der Waals surface area contributed by atoms with Crippen molar-refractivity contribution in [2.24, 2.45) is 0 Å². The SMILES string of the molecule is CCNc1cc(C(C)NNCCCCCN2CC(=O)NC2=O)ccc1F. The van der Waals surface area contributed by atoms with E-state index in [1.807, 2.05) is 19.9 Å². The molecule has 1 atom stereocenters. The molecule has 0 bridgehead atoms. The first-order valence-electron chi connectivity index (χ1n) is 9.11. The van der Waals surface area contributed by atoms with Gasteiger partial charge in [-0.2, -0.15) is 0 Å². The third kappa shape index (κ3) is 5.96. The third-order valence-corrected chi connectivity index (χ3v) is 4.27. The first-order valence-corrected chi connectivity index (χ1v) is 9.11. The molecular weight excluding hydrogens is 337 g/mol. The molecule has 8 heteroatoms. The molecule has 1 saturated heterocycles. The number of benzene rings is 1. The fourth-order valence-electron chi connectivity index (χ4n) is 2.80. The van der Waals surface area contributed by atoms with Gasteiger partial charge in [-0.15, -0.1) is 0 Å². The fraction of sp³-hybridized carbons (Fsp3) is 0.556. The van der Waals surface area contributed by atoms with Crippen molar-refractivity contribution in [2.45, 2.75) is 39.2 Å². The van der Waals surface area contributed by atoms with Gasteiger partial charge in [-0.3, -0.25) is 21.0 Å². The van der Waals surface area contributed by atoms with Gasteiger partial charge in [0.15, 0.2) is 0 Å². The van der Waals surface area contributed by atoms with Crippen molar-refractivity contribution < 1.29 is 14.0 Å². The highest BCUT2D eigenvalue weighted by Crippen LogP contribution is 2.20. The van der Waals surface area contributed by atoms with Crippen LogP contribution in [0.25, 0.3) is 0 Å². The molecule has 0 radical (unpaired) electrons. The van der Waals surface area contributed by atoms with Gasteiger partial charge in [0.2, 0.25) is 5.91 Å². The quantitative estimate of drug-likeness (QED) is 0.274. The predicted octanol–water partition coefficient (Wildman–Crippen LogP) is 2.13. The van der Waals surface area contributed by atoms with Gasteiger partial charge in [0.05, 0.1) is 5.69 Å². The van der Waals surface area contributed by atoms with Gasteiger partial charge < -0.3 is 10.2 Å². The van der Waals surface area contributed by atoms with E-state index in [1.165, 1.54) is 11.0 Å². The Morgan fingerprint density at radius 1 is 1.27 bits per heavy atom. The average molecular weight is 365 g/mol. The Balaban J connectivity index is 1.60. The van der Waals surface area contributed by atoms with Crippen molar-refractivity contribution >= 4 is 17.6 Å². The first kappa shape index (κ1) is 20.1. The molecule has 7 nitrogen and oxygen atoms in total. The molecule has 1 aromatic rings. The molecule has 0 aromatic heterocycles. The Hall–Kier alpha value is -2.19. The van der Waals surface area contributed by atoms with Crippen molar-refractivity contribution in [2.75, 3.05) is 31.5 Å². The molecule has 1 aromatic carbocycles. The summed E-state index contributed by atoms with van der Waals surface area (Å²) in [6.07, 6.45) is 2.78. The molecule has 1 aliphatic heterocycles. The zero-order chi connectivity index (χ0) is 18.9. The molecule has 144 valence electrons. The van der Waals surface area contributed by atoms with E-state index in [4.69, 9.17) is 0 Å². The summed E-state index contributed by atoms with van der Waals surface area (Å²) in [5.41, 5.74) is 7.91. The maximum absolute atomic E-state index is 13.7. The average Bonchev–Trinajstić information content (AvgIpc) is 2.93. The number of urea groups is 1. The monoisotopic (exact) mass is 365 g/mol. The van der Waals surface area contributed by atoms with E-state index in [-0.39, 0.29) is 30.3 Å². The largest absolute Gasteiger partial charge is 0.383 e. The minimum absolute atomic E-state index is 0.0484. The van der Waals surface area contributed by atoms with E-state index in [9.17, 15) is 14.0 Å². The molecule has 1 unspecified atom stereocenters. The highest BCUT2D eigenvalue weighted by atomic mass is 19.1. The smallest absolute Gasteiger partial charge is 0.324 e. The van der Waals surface area contributed by atoms with E-state index in [0.717, 1.165) is 31.4 Å². The van der Waals surface area contributed by atoms with Crippen molar-refractivity contribution in [1.82, 2.24) is 21.1 Å². The number of hydrazine groups is 1. The predicted molar refractivity (Wildman–Crippen MR) is 99.1 cm³/mol. The second kappa shape index (κ2) is 10.1. The van der Waals surface area contributed by atoms with Gasteiger partial charge in [0.25, 0.3) is 0 Å². The Bertz CT molecular complexity index is 626. The molecule has 0 saturated carbocycles. The maximum Gasteiger partial charge on any atom is 0.324 e. The second-order valence-corrected chi connectivity index (χ2v) is 6.40. The van der Waals surface area contributed by atoms with Crippen molar-refractivity contribution in [3.05, 3.63) is 29.6 Å². The number of unbranched alkanes of at least 4 members (excludes halogenated alkanes) is 2. The second-order valence-electron chi connectivity index (χ2n) is 6.40. The van der Waals surface area contributed by atoms with E-state index >= 15 is 0 Å². The summed E-state index contributed by atoms with van der Waals surface area (Å²) >= 11 is 0. The Morgan fingerprint density at radius 3 is 2.77 bits per heavy atom. The van der Waals surface area contributed by atoms with Gasteiger partial charge >= 0.3 is 6.03 Å². The van der Waals surface area contributed by atoms with Crippen LogP contribution in [-0.2, 0) is 4.79 Å². The summed E-state index contributed by atoms with van der Waals surface area (Å²) in [5.74, 6) is -0.475. The molecule has 1 aliphatic rings. The fourth-order valence-corrected chi connectivity index (χ4v) is 2.80. The number of nitrogens with one attached hydrogen (secondary N) is 4. The number of amides is 3. The summed E-state index contributed by atoms with van der Waals surface area (Å²) in [5, 5.41) is 5.28. The van der Waals surface area contributed by atoms with Gasteiger partial charge in [0.1, 0.15) is 12.4 Å². The molecular formula is C18H28FN5O2. The van der Waals surface area contributed by atoms with Crippen LogP contribution in [0.1, 0.15) is 44.7 Å². The molecule has 26 heavy (non-hydrogen) atoms. The number of hydrogen-bond acceptors (Lipinski definition) is 5. The summed E-state index contributed by atoms with van der Waals surface area (Å²) in [6.45, 7) is 6.18. The van der Waals surface area contributed by atoms with E-state index < -0.39 is 0 Å². The van der Waals surface area contributed by atoms with Crippen LogP contribution < -0.4 is 21.5 Å². The lowest BCUT2D eigenvalue weighted by Crippen LogP contribution is -2.35. The molecule has 2 rings (SSSR count). The standard InChI is InChI=1S/C18H28FN5O2/c1-3-20-16-11-14(7-8-15(16)19)13(2)23-21-9-5-4-6-10-24-12-17(25)22-18(24)26/h7-8,11,13,20-21,23H,3-6,9-10,12H2,1-2H3,(H,22,25,26). The number of carbonyl (C=O) groups is 2. The van der Waals surface area contributed by atoms with Crippen molar-refractivity contribution in [3.63, 3.8) is 0 Å². The number of hydrogen-bond donors (Lipinski definition) is 4. The lowest BCUT2D eigenvalue weighted by molar-refractivity contribution is -0.118. The zero-order valence-corrected chi connectivity index (χ0v) is 15.4. The summed E-state index contributed by atoms with van der Waals surface area (Å²) in [7, 11) is 0. The third-order valence-electron chi connectivity index (χ3n) is 4.27. The minimum Gasteiger partial charge on any atom is -0.383 e. The molecule has 4 N–H and O–H groups in total. The van der Waals surface area contributed by atoms with Crippen LogP contribution >= 0.6 is 0 Å². The molecule has 1 heterocycles. The zero-order valence-electron chi connectivity index (χ0n) is 15.4. The highest BCUT2D eigenvalue weighted by Gasteiger charge is 2.25. The Labute approximate surface area is 153 Å². The summed E-state index contributed by atoms with van der Waals surface area (Å²) in [6, 6.07) is 4.83. The number of nitrogens with zero attached hydrogens (tertiary/aromatic N) is 1. The highest BCUT2D eigenvalue weighted by molar-refractivity contribution is 6.01. The number of halogens is 1. The van der Waals surface area contributed by atoms with E-state index in [0.29, 0.717) is 18.8 Å². The van der Waals surface area contributed by atoms with Gasteiger partial charge in [0, 0.05) is 25.7 Å². The number of rotatable bonds is 11. The van der Waals surface area contributed by atoms with E-state index in [2.05, 4.69) is 21.5 Å². The van der Waals surface area contributed by atoms with Crippen LogP contribution in [0.4, 0.5) is 14.9 Å². The summed E-state index contributed by atoms with van der Waals surface area (Å²) < 4.78 is 13.7. The Kier molecular flexibility index (Phi) is 7.80. The number of carbonyl (C=O) groups excluding carboxylic acids is 2. The van der Waals surface area contributed by atoms with Crippen LogP contribution in [0.2, 0.25) is 0 Å². The van der Waals surface area contributed by atoms with Gasteiger partial charge in [-0.1, -0.05) is 12.5 Å². The normalized spacial score (nSPS) is 15.3. The Morgan fingerprint density at radius 2 is 2.08 bits per heavy atom. The van der Waals surface area contributed by atoms with Crippen molar-refractivity contribution in [3.8, 4) is 0 Å². The van der Waals surface area contributed by atoms with Crippen LogP contribution in [0.3, 0.4) is 0 Å². The van der Waals surface area contributed by atoms with Crippen LogP contribution in [0, 0.1) is 5.82 Å². The minimum atomic E-state index is -0.292.